The second kappa shape index (κ2) is 8.67. The Bertz CT molecular complexity index is 1230. The minimum Gasteiger partial charge on any atom is -0.497 e. The molecule has 6 nitrogen and oxygen atoms in total. The summed E-state index contributed by atoms with van der Waals surface area (Å²) in [4.78, 5) is 22.2. The first kappa shape index (κ1) is 20.0. The van der Waals surface area contributed by atoms with Gasteiger partial charge < -0.3 is 14.6 Å². The molecule has 160 valence electrons. The first-order chi connectivity index (χ1) is 15.7. The highest BCUT2D eigenvalue weighted by Gasteiger charge is 2.25. The number of rotatable bonds is 7. The van der Waals surface area contributed by atoms with Gasteiger partial charge in [-0.2, -0.15) is 0 Å². The molecule has 2 aromatic carbocycles. The lowest BCUT2D eigenvalue weighted by Gasteiger charge is -2.10. The van der Waals surface area contributed by atoms with Gasteiger partial charge in [0, 0.05) is 53.6 Å². The normalized spacial score (nSPS) is 13.0. The van der Waals surface area contributed by atoms with Crippen molar-refractivity contribution in [3.8, 4) is 28.3 Å². The maximum atomic E-state index is 13.1. The molecule has 0 bridgehead atoms. The molecule has 1 N–H and O–H groups in total. The topological polar surface area (TPSA) is 69.0 Å². The van der Waals surface area contributed by atoms with Crippen LogP contribution in [0.3, 0.4) is 0 Å². The van der Waals surface area contributed by atoms with Crippen LogP contribution in [0, 0.1) is 5.92 Å². The Balaban J connectivity index is 1.42. The van der Waals surface area contributed by atoms with E-state index in [0.29, 0.717) is 28.9 Å². The predicted molar refractivity (Wildman–Crippen MR) is 125 cm³/mol. The molecule has 1 fully saturated rings. The lowest BCUT2D eigenvalue weighted by Crippen LogP contribution is -2.17. The summed E-state index contributed by atoms with van der Waals surface area (Å²) in [6, 6.07) is 19.2. The van der Waals surface area contributed by atoms with Crippen molar-refractivity contribution >= 4 is 11.6 Å². The fourth-order valence-electron chi connectivity index (χ4n) is 3.70. The number of methoxy groups -OCH3 is 1. The van der Waals surface area contributed by atoms with Crippen molar-refractivity contribution in [2.24, 2.45) is 5.92 Å². The molecule has 32 heavy (non-hydrogen) atoms. The van der Waals surface area contributed by atoms with E-state index in [1.165, 1.54) is 12.8 Å². The number of benzene rings is 2. The Kier molecular flexibility index (Phi) is 5.42. The van der Waals surface area contributed by atoms with Gasteiger partial charge in [-0.1, -0.05) is 36.4 Å². The van der Waals surface area contributed by atoms with Crippen molar-refractivity contribution in [2.45, 2.75) is 19.4 Å². The van der Waals surface area contributed by atoms with Crippen molar-refractivity contribution in [3.63, 3.8) is 0 Å². The molecule has 1 saturated carbocycles. The average molecular weight is 425 g/mol. The molecular formula is C26H24N4O2. The maximum Gasteiger partial charge on any atom is 0.272 e. The number of hydrogen-bond acceptors (Lipinski definition) is 4. The standard InChI is InChI=1S/C26H24N4O2/c1-32-23-9-5-8-22(13-23)29-26(31)24-12-20(17-30(24)16-18-10-11-18)21-14-27-25(28-15-21)19-6-3-2-4-7-19/h2-9,12-15,17-18H,10-11,16H2,1H3,(H,29,31). The van der Waals surface area contributed by atoms with Crippen LogP contribution >= 0.6 is 0 Å². The molecular weight excluding hydrogens is 400 g/mol. The smallest absolute Gasteiger partial charge is 0.272 e. The molecule has 0 aliphatic heterocycles. The predicted octanol–water partition coefficient (Wildman–Crippen LogP) is 5.28. The quantitative estimate of drug-likeness (QED) is 0.438. The Labute approximate surface area is 186 Å². The van der Waals surface area contributed by atoms with E-state index in [-0.39, 0.29) is 5.91 Å². The number of carbonyl (C=O) groups excluding carboxylic acids is 1. The zero-order valence-corrected chi connectivity index (χ0v) is 17.9. The van der Waals surface area contributed by atoms with Gasteiger partial charge in [0.15, 0.2) is 5.82 Å². The molecule has 1 amide bonds. The van der Waals surface area contributed by atoms with Crippen LogP contribution in [-0.4, -0.2) is 27.6 Å². The third-order valence-corrected chi connectivity index (χ3v) is 5.63. The number of amides is 1. The SMILES string of the molecule is COc1cccc(NC(=O)c2cc(-c3cnc(-c4ccccc4)nc3)cn2CC2CC2)c1. The van der Waals surface area contributed by atoms with Gasteiger partial charge in [-0.25, -0.2) is 9.97 Å². The Morgan fingerprint density at radius 1 is 1.00 bits per heavy atom. The minimum atomic E-state index is -0.146. The Morgan fingerprint density at radius 3 is 2.50 bits per heavy atom. The Hall–Kier alpha value is -3.93. The number of hydrogen-bond donors (Lipinski definition) is 1. The molecule has 0 unspecified atom stereocenters. The van der Waals surface area contributed by atoms with E-state index < -0.39 is 0 Å². The molecule has 0 atom stereocenters. The largest absolute Gasteiger partial charge is 0.497 e. The highest BCUT2D eigenvalue weighted by molar-refractivity contribution is 6.04. The molecule has 0 saturated heterocycles. The third-order valence-electron chi connectivity index (χ3n) is 5.63. The monoisotopic (exact) mass is 424 g/mol. The summed E-state index contributed by atoms with van der Waals surface area (Å²) in [5.74, 6) is 1.87. The molecule has 2 aromatic heterocycles. The van der Waals surface area contributed by atoms with E-state index in [4.69, 9.17) is 4.74 Å². The number of aromatic nitrogens is 3. The van der Waals surface area contributed by atoms with Crippen molar-refractivity contribution in [1.82, 2.24) is 14.5 Å². The van der Waals surface area contributed by atoms with Gasteiger partial charge in [-0.3, -0.25) is 4.79 Å². The van der Waals surface area contributed by atoms with E-state index in [2.05, 4.69) is 15.3 Å². The molecule has 0 spiro atoms. The molecule has 2 heterocycles. The van der Waals surface area contributed by atoms with Crippen LogP contribution in [0.15, 0.2) is 79.3 Å². The highest BCUT2D eigenvalue weighted by atomic mass is 16.5. The fourth-order valence-corrected chi connectivity index (χ4v) is 3.70. The van der Waals surface area contributed by atoms with Crippen LogP contribution in [0.4, 0.5) is 5.69 Å². The van der Waals surface area contributed by atoms with Gasteiger partial charge >= 0.3 is 0 Å². The molecule has 1 aliphatic rings. The van der Waals surface area contributed by atoms with Crippen molar-refractivity contribution in [2.75, 3.05) is 12.4 Å². The highest BCUT2D eigenvalue weighted by Crippen LogP contribution is 2.33. The number of anilines is 1. The lowest BCUT2D eigenvalue weighted by atomic mass is 10.1. The first-order valence-corrected chi connectivity index (χ1v) is 10.7. The molecule has 0 radical (unpaired) electrons. The number of nitrogens with one attached hydrogen (secondary N) is 1. The van der Waals surface area contributed by atoms with Crippen LogP contribution in [0.1, 0.15) is 23.3 Å². The second-order valence-corrected chi connectivity index (χ2v) is 8.06. The zero-order chi connectivity index (χ0) is 21.9. The molecule has 1 aliphatic carbocycles. The van der Waals surface area contributed by atoms with Crippen LogP contribution in [-0.2, 0) is 6.54 Å². The van der Waals surface area contributed by atoms with Crippen molar-refractivity contribution in [3.05, 3.63) is 84.9 Å². The summed E-state index contributed by atoms with van der Waals surface area (Å²) < 4.78 is 7.31. The molecule has 6 heteroatoms. The summed E-state index contributed by atoms with van der Waals surface area (Å²) in [6.45, 7) is 0.837. The van der Waals surface area contributed by atoms with Crippen LogP contribution in [0.25, 0.3) is 22.5 Å². The van der Waals surface area contributed by atoms with Crippen LogP contribution in [0.2, 0.25) is 0 Å². The second-order valence-electron chi connectivity index (χ2n) is 8.06. The van der Waals surface area contributed by atoms with E-state index >= 15 is 0 Å². The number of ether oxygens (including phenoxy) is 1. The van der Waals surface area contributed by atoms with E-state index in [9.17, 15) is 4.79 Å². The summed E-state index contributed by atoms with van der Waals surface area (Å²) >= 11 is 0. The minimum absolute atomic E-state index is 0.146. The summed E-state index contributed by atoms with van der Waals surface area (Å²) in [5, 5.41) is 2.99. The van der Waals surface area contributed by atoms with E-state index in [0.717, 1.165) is 23.2 Å². The average Bonchev–Trinajstić information content (AvgIpc) is 3.56. The van der Waals surface area contributed by atoms with E-state index in [1.807, 2.05) is 83.8 Å². The summed E-state index contributed by atoms with van der Waals surface area (Å²) in [7, 11) is 1.61. The van der Waals surface area contributed by atoms with Gasteiger partial charge in [0.1, 0.15) is 11.4 Å². The van der Waals surface area contributed by atoms with Crippen LogP contribution < -0.4 is 10.1 Å². The number of nitrogens with zero attached hydrogens (tertiary/aromatic N) is 3. The van der Waals surface area contributed by atoms with Gasteiger partial charge in [-0.15, -0.1) is 0 Å². The summed E-state index contributed by atoms with van der Waals surface area (Å²) in [5.41, 5.74) is 4.12. The van der Waals surface area contributed by atoms with Gasteiger partial charge in [0.05, 0.1) is 7.11 Å². The number of carbonyl (C=O) groups is 1. The summed E-state index contributed by atoms with van der Waals surface area (Å²) in [6.07, 6.45) is 8.07. The third kappa shape index (κ3) is 4.39. The molecule has 5 rings (SSSR count). The van der Waals surface area contributed by atoms with Gasteiger partial charge in [0.2, 0.25) is 0 Å². The van der Waals surface area contributed by atoms with Crippen molar-refractivity contribution in [1.29, 1.82) is 0 Å². The van der Waals surface area contributed by atoms with Crippen LogP contribution in [0.5, 0.6) is 5.75 Å². The first-order valence-electron chi connectivity index (χ1n) is 10.7. The lowest BCUT2D eigenvalue weighted by molar-refractivity contribution is 0.101. The van der Waals surface area contributed by atoms with Gasteiger partial charge in [-0.05, 0) is 37.0 Å². The van der Waals surface area contributed by atoms with Gasteiger partial charge in [0.25, 0.3) is 5.91 Å². The fraction of sp³-hybridized carbons (Fsp3) is 0.192. The maximum absolute atomic E-state index is 13.1. The zero-order valence-electron chi connectivity index (χ0n) is 17.9. The van der Waals surface area contributed by atoms with E-state index in [1.54, 1.807) is 7.11 Å². The van der Waals surface area contributed by atoms with Crippen molar-refractivity contribution < 1.29 is 9.53 Å². The molecule has 4 aromatic rings. The Morgan fingerprint density at radius 2 is 1.78 bits per heavy atom.